The summed E-state index contributed by atoms with van der Waals surface area (Å²) in [5, 5.41) is 0. The second-order valence-corrected chi connectivity index (χ2v) is 8.55. The SMILES string of the molecule is CCCCCC(=O)N1CCN(S(=O)(=O)c2ccc(Br)cc2)CC1. The van der Waals surface area contributed by atoms with Crippen molar-refractivity contribution in [2.24, 2.45) is 0 Å². The average Bonchev–Trinajstić information content (AvgIpc) is 2.55. The van der Waals surface area contributed by atoms with E-state index >= 15 is 0 Å². The molecule has 0 unspecified atom stereocenters. The normalized spacial score (nSPS) is 16.5. The van der Waals surface area contributed by atoms with Gasteiger partial charge in [0.25, 0.3) is 0 Å². The van der Waals surface area contributed by atoms with Crippen LogP contribution in [0.25, 0.3) is 0 Å². The summed E-state index contributed by atoms with van der Waals surface area (Å²) in [5.41, 5.74) is 0. The molecule has 0 aromatic heterocycles. The highest BCUT2D eigenvalue weighted by atomic mass is 79.9. The van der Waals surface area contributed by atoms with Gasteiger partial charge >= 0.3 is 0 Å². The van der Waals surface area contributed by atoms with Gasteiger partial charge in [0, 0.05) is 37.1 Å². The first-order valence-corrected chi connectivity index (χ1v) is 10.2. The zero-order valence-electron chi connectivity index (χ0n) is 13.4. The molecule has 7 heteroatoms. The van der Waals surface area contributed by atoms with Crippen molar-refractivity contribution in [2.45, 2.75) is 37.5 Å². The van der Waals surface area contributed by atoms with Gasteiger partial charge in [-0.25, -0.2) is 8.42 Å². The lowest BCUT2D eigenvalue weighted by Crippen LogP contribution is -2.50. The summed E-state index contributed by atoms with van der Waals surface area (Å²) < 4.78 is 27.5. The number of hydrogen-bond acceptors (Lipinski definition) is 3. The van der Waals surface area contributed by atoms with Gasteiger partial charge in [0.05, 0.1) is 4.90 Å². The molecule has 1 fully saturated rings. The third-order valence-corrected chi connectivity index (χ3v) is 6.48. The standard InChI is InChI=1S/C16H23BrN2O3S/c1-2-3-4-5-16(20)18-10-12-19(13-11-18)23(21,22)15-8-6-14(17)7-9-15/h6-9H,2-5,10-13H2,1H3. The van der Waals surface area contributed by atoms with Crippen LogP contribution < -0.4 is 0 Å². The molecule has 1 aliphatic rings. The van der Waals surface area contributed by atoms with Gasteiger partial charge in [-0.05, 0) is 30.7 Å². The minimum absolute atomic E-state index is 0.138. The molecule has 23 heavy (non-hydrogen) atoms. The van der Waals surface area contributed by atoms with Crippen molar-refractivity contribution < 1.29 is 13.2 Å². The maximum atomic E-state index is 12.6. The Bertz CT molecular complexity index is 623. The van der Waals surface area contributed by atoms with Crippen molar-refractivity contribution in [1.29, 1.82) is 0 Å². The van der Waals surface area contributed by atoms with Crippen LogP contribution in [0.4, 0.5) is 0 Å². The van der Waals surface area contributed by atoms with E-state index < -0.39 is 10.0 Å². The molecule has 2 rings (SSSR count). The largest absolute Gasteiger partial charge is 0.340 e. The smallest absolute Gasteiger partial charge is 0.243 e. The van der Waals surface area contributed by atoms with Gasteiger partial charge in [-0.1, -0.05) is 35.7 Å². The molecule has 0 N–H and O–H groups in total. The second kappa shape index (κ2) is 8.26. The lowest BCUT2D eigenvalue weighted by Gasteiger charge is -2.34. The summed E-state index contributed by atoms with van der Waals surface area (Å²) in [6, 6.07) is 6.64. The predicted octanol–water partition coefficient (Wildman–Crippen LogP) is 2.86. The van der Waals surface area contributed by atoms with Crippen molar-refractivity contribution in [3.63, 3.8) is 0 Å². The molecule has 0 aliphatic carbocycles. The summed E-state index contributed by atoms with van der Waals surface area (Å²) >= 11 is 3.31. The van der Waals surface area contributed by atoms with Crippen LogP contribution >= 0.6 is 15.9 Å². The molecular weight excluding hydrogens is 380 g/mol. The second-order valence-electron chi connectivity index (χ2n) is 5.70. The zero-order valence-corrected chi connectivity index (χ0v) is 15.8. The topological polar surface area (TPSA) is 57.7 Å². The molecule has 0 spiro atoms. The molecule has 1 saturated heterocycles. The van der Waals surface area contributed by atoms with Crippen LogP contribution in [0.1, 0.15) is 32.6 Å². The fourth-order valence-corrected chi connectivity index (χ4v) is 4.30. The number of hydrogen-bond donors (Lipinski definition) is 0. The maximum Gasteiger partial charge on any atom is 0.243 e. The minimum Gasteiger partial charge on any atom is -0.340 e. The number of sulfonamides is 1. The van der Waals surface area contributed by atoms with E-state index in [1.54, 1.807) is 29.2 Å². The first-order chi connectivity index (χ1) is 10.9. The van der Waals surface area contributed by atoms with Crippen molar-refractivity contribution in [3.05, 3.63) is 28.7 Å². The Hall–Kier alpha value is -0.920. The van der Waals surface area contributed by atoms with Crippen LogP contribution in [0.5, 0.6) is 0 Å². The quantitative estimate of drug-likeness (QED) is 0.687. The Kier molecular flexibility index (Phi) is 6.61. The summed E-state index contributed by atoms with van der Waals surface area (Å²) in [4.78, 5) is 14.2. The van der Waals surface area contributed by atoms with Gasteiger partial charge < -0.3 is 4.90 Å². The number of piperazine rings is 1. The number of halogens is 1. The highest BCUT2D eigenvalue weighted by Gasteiger charge is 2.29. The molecule has 1 amide bonds. The lowest BCUT2D eigenvalue weighted by atomic mass is 10.2. The van der Waals surface area contributed by atoms with Crippen LogP contribution in [0.15, 0.2) is 33.6 Å². The summed E-state index contributed by atoms with van der Waals surface area (Å²) in [7, 11) is -3.47. The predicted molar refractivity (Wildman–Crippen MR) is 93.6 cm³/mol. The fourth-order valence-electron chi connectivity index (χ4n) is 2.62. The Morgan fingerprint density at radius 2 is 1.70 bits per heavy atom. The number of rotatable bonds is 6. The van der Waals surface area contributed by atoms with E-state index in [-0.39, 0.29) is 5.91 Å². The van der Waals surface area contributed by atoms with Crippen LogP contribution in [-0.4, -0.2) is 49.7 Å². The average molecular weight is 403 g/mol. The summed E-state index contributed by atoms with van der Waals surface area (Å²) in [6.07, 6.45) is 3.62. The molecule has 1 aliphatic heterocycles. The van der Waals surface area contributed by atoms with E-state index in [9.17, 15) is 13.2 Å². The van der Waals surface area contributed by atoms with Crippen LogP contribution in [0.3, 0.4) is 0 Å². The van der Waals surface area contributed by atoms with Crippen molar-refractivity contribution in [1.82, 2.24) is 9.21 Å². The molecule has 0 saturated carbocycles. The minimum atomic E-state index is -3.47. The molecule has 0 bridgehead atoms. The van der Waals surface area contributed by atoms with E-state index in [2.05, 4.69) is 22.9 Å². The van der Waals surface area contributed by atoms with Gasteiger partial charge in [0.2, 0.25) is 15.9 Å². The number of nitrogens with zero attached hydrogens (tertiary/aromatic N) is 2. The number of benzene rings is 1. The number of carbonyl (C=O) groups excluding carboxylic acids is 1. The number of unbranched alkanes of at least 4 members (excludes halogenated alkanes) is 2. The number of carbonyl (C=O) groups is 1. The number of amides is 1. The fraction of sp³-hybridized carbons (Fsp3) is 0.562. The van der Waals surface area contributed by atoms with E-state index in [4.69, 9.17) is 0 Å². The highest BCUT2D eigenvalue weighted by Crippen LogP contribution is 2.20. The lowest BCUT2D eigenvalue weighted by molar-refractivity contribution is -0.132. The molecule has 1 aromatic rings. The Labute approximate surface area is 146 Å². The van der Waals surface area contributed by atoms with Gasteiger partial charge in [0.15, 0.2) is 0 Å². The third kappa shape index (κ3) is 4.78. The van der Waals surface area contributed by atoms with Gasteiger partial charge in [-0.3, -0.25) is 4.79 Å². The van der Waals surface area contributed by atoms with E-state index in [0.29, 0.717) is 37.5 Å². The van der Waals surface area contributed by atoms with Crippen molar-refractivity contribution >= 4 is 31.9 Å². The van der Waals surface area contributed by atoms with Crippen LogP contribution in [0, 0.1) is 0 Å². The van der Waals surface area contributed by atoms with Crippen LogP contribution in [0.2, 0.25) is 0 Å². The first-order valence-electron chi connectivity index (χ1n) is 7.98. The Morgan fingerprint density at radius 3 is 2.26 bits per heavy atom. The summed E-state index contributed by atoms with van der Waals surface area (Å²) in [5.74, 6) is 0.138. The Morgan fingerprint density at radius 1 is 1.09 bits per heavy atom. The van der Waals surface area contributed by atoms with Gasteiger partial charge in [-0.15, -0.1) is 0 Å². The Balaban J connectivity index is 1.93. The van der Waals surface area contributed by atoms with Gasteiger partial charge in [-0.2, -0.15) is 4.31 Å². The summed E-state index contributed by atoms with van der Waals surface area (Å²) in [6.45, 7) is 3.77. The van der Waals surface area contributed by atoms with Crippen molar-refractivity contribution in [3.8, 4) is 0 Å². The van der Waals surface area contributed by atoms with E-state index in [0.717, 1.165) is 23.7 Å². The first kappa shape index (κ1) is 18.4. The third-order valence-electron chi connectivity index (χ3n) is 4.04. The molecule has 5 nitrogen and oxygen atoms in total. The molecule has 0 radical (unpaired) electrons. The van der Waals surface area contributed by atoms with Gasteiger partial charge in [0.1, 0.15) is 0 Å². The molecule has 0 atom stereocenters. The van der Waals surface area contributed by atoms with E-state index in [1.165, 1.54) is 4.31 Å². The monoisotopic (exact) mass is 402 g/mol. The molecular formula is C16H23BrN2O3S. The molecule has 128 valence electrons. The van der Waals surface area contributed by atoms with E-state index in [1.807, 2.05) is 0 Å². The van der Waals surface area contributed by atoms with Crippen molar-refractivity contribution in [2.75, 3.05) is 26.2 Å². The maximum absolute atomic E-state index is 12.6. The molecule has 1 aromatic carbocycles. The van der Waals surface area contributed by atoms with Crippen LogP contribution in [-0.2, 0) is 14.8 Å². The zero-order chi connectivity index (χ0) is 16.9. The molecule has 1 heterocycles. The highest BCUT2D eigenvalue weighted by molar-refractivity contribution is 9.10.